The van der Waals surface area contributed by atoms with Gasteiger partial charge in [-0.05, 0) is 38.5 Å². The van der Waals surface area contributed by atoms with Crippen LogP contribution in [0.4, 0.5) is 0 Å². The first-order valence-electron chi connectivity index (χ1n) is 5.98. The number of aromatic nitrogens is 2. The molecular weight excluding hydrogens is 230 g/mol. The first-order chi connectivity index (χ1) is 8.56. The summed E-state index contributed by atoms with van der Waals surface area (Å²) in [6.45, 7) is 3.58. The van der Waals surface area contributed by atoms with E-state index in [4.69, 9.17) is 0 Å². The highest BCUT2D eigenvalue weighted by Crippen LogP contribution is 2.13. The molecule has 1 heterocycles. The summed E-state index contributed by atoms with van der Waals surface area (Å²) in [5.74, 6) is -0.133. The van der Waals surface area contributed by atoms with Crippen LogP contribution in [0.2, 0.25) is 0 Å². The summed E-state index contributed by atoms with van der Waals surface area (Å²) in [7, 11) is 0. The number of hydrogen-bond acceptors (Lipinski definition) is 3. The van der Waals surface area contributed by atoms with Crippen molar-refractivity contribution in [2.45, 2.75) is 32.4 Å². The first-order valence-corrected chi connectivity index (χ1v) is 5.98. The Hall–Kier alpha value is -1.88. The Morgan fingerprint density at radius 1 is 1.50 bits per heavy atom. The predicted molar refractivity (Wildman–Crippen MR) is 69.3 cm³/mol. The number of H-pyrrole nitrogens is 1. The molecule has 2 unspecified atom stereocenters. The molecule has 0 bridgehead atoms. The highest BCUT2D eigenvalue weighted by atomic mass is 16.3. The van der Waals surface area contributed by atoms with Crippen LogP contribution < -0.4 is 5.32 Å². The largest absolute Gasteiger partial charge is 0.393 e. The number of aromatic amines is 1. The first kappa shape index (κ1) is 12.6. The van der Waals surface area contributed by atoms with Crippen LogP contribution in [-0.4, -0.2) is 33.4 Å². The Bertz CT molecular complexity index is 548. The third-order valence-electron chi connectivity index (χ3n) is 2.77. The van der Waals surface area contributed by atoms with Crippen molar-refractivity contribution in [3.05, 3.63) is 30.0 Å². The van der Waals surface area contributed by atoms with Gasteiger partial charge in [-0.25, -0.2) is 0 Å². The molecule has 1 amide bonds. The molecule has 3 N–H and O–H groups in total. The maximum Gasteiger partial charge on any atom is 0.251 e. The van der Waals surface area contributed by atoms with Crippen LogP contribution in [0.25, 0.3) is 10.9 Å². The lowest BCUT2D eigenvalue weighted by atomic mass is 10.1. The number of carbonyl (C=O) groups is 1. The van der Waals surface area contributed by atoms with Crippen LogP contribution in [0.1, 0.15) is 30.6 Å². The number of aliphatic hydroxyl groups is 1. The maximum atomic E-state index is 12.0. The Morgan fingerprint density at radius 2 is 2.28 bits per heavy atom. The van der Waals surface area contributed by atoms with Crippen molar-refractivity contribution in [3.8, 4) is 0 Å². The van der Waals surface area contributed by atoms with Crippen LogP contribution in [-0.2, 0) is 0 Å². The smallest absolute Gasteiger partial charge is 0.251 e. The third kappa shape index (κ3) is 2.87. The standard InChI is InChI=1S/C13H17N3O2/c1-8(5-9(2)17)15-13(18)10-3-4-12-11(6-10)7-14-16-12/h3-4,6-9,17H,5H2,1-2H3,(H,14,16)(H,15,18). The molecular formula is C13H17N3O2. The van der Waals surface area contributed by atoms with Gasteiger partial charge in [-0.1, -0.05) is 0 Å². The van der Waals surface area contributed by atoms with Crippen LogP contribution in [0, 0.1) is 0 Å². The lowest BCUT2D eigenvalue weighted by Gasteiger charge is -2.15. The topological polar surface area (TPSA) is 78.0 Å². The number of hydrogen-bond donors (Lipinski definition) is 3. The zero-order valence-electron chi connectivity index (χ0n) is 10.5. The minimum atomic E-state index is -0.420. The minimum absolute atomic E-state index is 0.0578. The zero-order chi connectivity index (χ0) is 13.1. The SMILES string of the molecule is CC(O)CC(C)NC(=O)c1ccc2[nH]ncc2c1. The van der Waals surface area contributed by atoms with E-state index in [0.29, 0.717) is 12.0 Å². The Balaban J connectivity index is 2.08. The van der Waals surface area contributed by atoms with Gasteiger partial charge in [0.05, 0.1) is 17.8 Å². The molecule has 0 saturated carbocycles. The molecule has 1 aromatic carbocycles. The number of nitrogens with zero attached hydrogens (tertiary/aromatic N) is 1. The number of aliphatic hydroxyl groups excluding tert-OH is 1. The van der Waals surface area contributed by atoms with E-state index in [1.165, 1.54) is 0 Å². The van der Waals surface area contributed by atoms with E-state index in [2.05, 4.69) is 15.5 Å². The van der Waals surface area contributed by atoms with Gasteiger partial charge in [-0.2, -0.15) is 5.10 Å². The van der Waals surface area contributed by atoms with E-state index in [1.54, 1.807) is 25.3 Å². The monoisotopic (exact) mass is 247 g/mol. The molecule has 2 atom stereocenters. The van der Waals surface area contributed by atoms with Crippen LogP contribution in [0.5, 0.6) is 0 Å². The molecule has 0 aliphatic rings. The van der Waals surface area contributed by atoms with Crippen molar-refractivity contribution in [1.82, 2.24) is 15.5 Å². The van der Waals surface area contributed by atoms with Crippen molar-refractivity contribution in [2.75, 3.05) is 0 Å². The average molecular weight is 247 g/mol. The lowest BCUT2D eigenvalue weighted by Crippen LogP contribution is -2.34. The Morgan fingerprint density at radius 3 is 3.00 bits per heavy atom. The van der Waals surface area contributed by atoms with Gasteiger partial charge in [-0.3, -0.25) is 9.89 Å². The molecule has 0 saturated heterocycles. The normalized spacial score (nSPS) is 14.4. The summed E-state index contributed by atoms with van der Waals surface area (Å²) >= 11 is 0. The van der Waals surface area contributed by atoms with E-state index in [0.717, 1.165) is 10.9 Å². The molecule has 2 aromatic rings. The Kier molecular flexibility index (Phi) is 3.62. The van der Waals surface area contributed by atoms with E-state index in [1.807, 2.05) is 13.0 Å². The zero-order valence-corrected chi connectivity index (χ0v) is 10.5. The van der Waals surface area contributed by atoms with E-state index in [-0.39, 0.29) is 11.9 Å². The fourth-order valence-electron chi connectivity index (χ4n) is 1.96. The van der Waals surface area contributed by atoms with Gasteiger partial charge in [0.25, 0.3) is 5.91 Å². The van der Waals surface area contributed by atoms with Gasteiger partial charge in [0.2, 0.25) is 0 Å². The summed E-state index contributed by atoms with van der Waals surface area (Å²) in [5, 5.41) is 19.8. The van der Waals surface area contributed by atoms with Gasteiger partial charge >= 0.3 is 0 Å². The molecule has 0 aliphatic carbocycles. The van der Waals surface area contributed by atoms with Crippen molar-refractivity contribution in [3.63, 3.8) is 0 Å². The van der Waals surface area contributed by atoms with Gasteiger partial charge in [0.1, 0.15) is 0 Å². The molecule has 0 fully saturated rings. The molecule has 0 spiro atoms. The molecule has 1 aromatic heterocycles. The summed E-state index contributed by atoms with van der Waals surface area (Å²) in [6.07, 6.45) is 1.81. The van der Waals surface area contributed by atoms with Crippen molar-refractivity contribution in [2.24, 2.45) is 0 Å². The number of carbonyl (C=O) groups excluding carboxylic acids is 1. The second-order valence-corrected chi connectivity index (χ2v) is 4.63. The van der Waals surface area contributed by atoms with Gasteiger partial charge in [0, 0.05) is 17.0 Å². The average Bonchev–Trinajstić information content (AvgIpc) is 2.74. The van der Waals surface area contributed by atoms with Crippen molar-refractivity contribution in [1.29, 1.82) is 0 Å². The second kappa shape index (κ2) is 5.18. The quantitative estimate of drug-likeness (QED) is 0.765. The summed E-state index contributed by atoms with van der Waals surface area (Å²) in [5.41, 5.74) is 1.50. The molecule has 0 radical (unpaired) electrons. The molecule has 96 valence electrons. The summed E-state index contributed by atoms with van der Waals surface area (Å²) in [6, 6.07) is 5.32. The van der Waals surface area contributed by atoms with E-state index >= 15 is 0 Å². The molecule has 18 heavy (non-hydrogen) atoms. The van der Waals surface area contributed by atoms with Crippen LogP contribution in [0.3, 0.4) is 0 Å². The number of rotatable bonds is 4. The molecule has 5 nitrogen and oxygen atoms in total. The van der Waals surface area contributed by atoms with Gasteiger partial charge < -0.3 is 10.4 Å². The summed E-state index contributed by atoms with van der Waals surface area (Å²) in [4.78, 5) is 12.0. The van der Waals surface area contributed by atoms with E-state index < -0.39 is 6.10 Å². The van der Waals surface area contributed by atoms with Gasteiger partial charge in [-0.15, -0.1) is 0 Å². The van der Waals surface area contributed by atoms with Gasteiger partial charge in [0.15, 0.2) is 0 Å². The fourth-order valence-corrected chi connectivity index (χ4v) is 1.96. The molecule has 5 heteroatoms. The number of amides is 1. The number of nitrogens with one attached hydrogen (secondary N) is 2. The van der Waals surface area contributed by atoms with Crippen LogP contribution in [0.15, 0.2) is 24.4 Å². The summed E-state index contributed by atoms with van der Waals surface area (Å²) < 4.78 is 0. The predicted octanol–water partition coefficient (Wildman–Crippen LogP) is 1.45. The fraction of sp³-hybridized carbons (Fsp3) is 0.385. The minimum Gasteiger partial charge on any atom is -0.393 e. The van der Waals surface area contributed by atoms with E-state index in [9.17, 15) is 9.90 Å². The lowest BCUT2D eigenvalue weighted by molar-refractivity contribution is 0.0923. The number of fused-ring (bicyclic) bond motifs is 1. The highest BCUT2D eigenvalue weighted by Gasteiger charge is 2.12. The van der Waals surface area contributed by atoms with Crippen LogP contribution >= 0.6 is 0 Å². The molecule has 2 rings (SSSR count). The van der Waals surface area contributed by atoms with Crippen molar-refractivity contribution >= 4 is 16.8 Å². The van der Waals surface area contributed by atoms with Crippen molar-refractivity contribution < 1.29 is 9.90 Å². The Labute approximate surface area is 105 Å². The maximum absolute atomic E-state index is 12.0. The molecule has 0 aliphatic heterocycles. The highest BCUT2D eigenvalue weighted by molar-refractivity contribution is 5.97. The third-order valence-corrected chi connectivity index (χ3v) is 2.77. The number of benzene rings is 1. The second-order valence-electron chi connectivity index (χ2n) is 4.63.